The van der Waals surface area contributed by atoms with Gasteiger partial charge in [0.1, 0.15) is 0 Å². The van der Waals surface area contributed by atoms with Crippen LogP contribution >= 0.6 is 15.9 Å². The molecule has 19 heavy (non-hydrogen) atoms. The van der Waals surface area contributed by atoms with Crippen LogP contribution < -0.4 is 5.32 Å². The summed E-state index contributed by atoms with van der Waals surface area (Å²) in [5, 5.41) is 3.11. The summed E-state index contributed by atoms with van der Waals surface area (Å²) in [5.74, 6) is 0.413. The van der Waals surface area contributed by atoms with Gasteiger partial charge in [-0.15, -0.1) is 0 Å². The lowest BCUT2D eigenvalue weighted by atomic mass is 10.1. The molecule has 4 nitrogen and oxygen atoms in total. The smallest absolute Gasteiger partial charge is 0.243 e. The minimum atomic E-state index is -3.34. The summed E-state index contributed by atoms with van der Waals surface area (Å²) < 4.78 is 27.6. The molecule has 106 valence electrons. The zero-order chi connectivity index (χ0) is 14.0. The second-order valence-corrected chi connectivity index (χ2v) is 7.78. The van der Waals surface area contributed by atoms with E-state index in [0.717, 1.165) is 23.0 Å². The summed E-state index contributed by atoms with van der Waals surface area (Å²) in [7, 11) is -1.45. The van der Waals surface area contributed by atoms with Crippen molar-refractivity contribution in [3.05, 3.63) is 28.2 Å². The number of nitrogens with one attached hydrogen (secondary N) is 1. The first-order chi connectivity index (χ1) is 8.95. The summed E-state index contributed by atoms with van der Waals surface area (Å²) in [6.07, 6.45) is 0.926. The van der Waals surface area contributed by atoms with Gasteiger partial charge in [0.25, 0.3) is 0 Å². The Morgan fingerprint density at radius 1 is 1.47 bits per heavy atom. The standard InChI is InChI=1S/C13H19BrN2O2S/c1-10-7-12(3-4-13(10)14)19(17,18)16-6-5-11(9-16)8-15-2/h3-4,7,11,15H,5-6,8-9H2,1-2H3/t11-/m1/s1. The first-order valence-corrected chi connectivity index (χ1v) is 8.59. The van der Waals surface area contributed by atoms with Gasteiger partial charge in [-0.2, -0.15) is 4.31 Å². The van der Waals surface area contributed by atoms with Gasteiger partial charge in [0, 0.05) is 17.6 Å². The third-order valence-electron chi connectivity index (χ3n) is 3.51. The summed E-state index contributed by atoms with van der Waals surface area (Å²) in [6, 6.07) is 5.19. The van der Waals surface area contributed by atoms with E-state index in [4.69, 9.17) is 0 Å². The lowest BCUT2D eigenvalue weighted by Crippen LogP contribution is -2.30. The summed E-state index contributed by atoms with van der Waals surface area (Å²) >= 11 is 3.39. The molecule has 0 spiro atoms. The fourth-order valence-corrected chi connectivity index (χ4v) is 4.26. The normalized spacial score (nSPS) is 20.9. The largest absolute Gasteiger partial charge is 0.319 e. The molecule has 1 aromatic rings. The van der Waals surface area contributed by atoms with E-state index >= 15 is 0 Å². The molecule has 0 radical (unpaired) electrons. The van der Waals surface area contributed by atoms with Crippen molar-refractivity contribution in [2.75, 3.05) is 26.7 Å². The Labute approximate surface area is 123 Å². The van der Waals surface area contributed by atoms with Crippen molar-refractivity contribution in [3.63, 3.8) is 0 Å². The topological polar surface area (TPSA) is 49.4 Å². The van der Waals surface area contributed by atoms with Crippen LogP contribution in [0.3, 0.4) is 0 Å². The fraction of sp³-hybridized carbons (Fsp3) is 0.538. The third-order valence-corrected chi connectivity index (χ3v) is 6.26. The molecule has 2 rings (SSSR count). The molecular weight excluding hydrogens is 328 g/mol. The third kappa shape index (κ3) is 3.18. The minimum absolute atomic E-state index is 0.387. The SMILES string of the molecule is CNC[C@H]1CCN(S(=O)(=O)c2ccc(Br)c(C)c2)C1. The average Bonchev–Trinajstić information content (AvgIpc) is 2.82. The zero-order valence-electron chi connectivity index (χ0n) is 11.2. The molecule has 0 saturated carbocycles. The number of halogens is 1. The van der Waals surface area contributed by atoms with Crippen LogP contribution in [0.2, 0.25) is 0 Å². The van der Waals surface area contributed by atoms with Gasteiger partial charge in [-0.3, -0.25) is 0 Å². The van der Waals surface area contributed by atoms with Crippen LogP contribution in [0.4, 0.5) is 0 Å². The van der Waals surface area contributed by atoms with Gasteiger partial charge in [0.05, 0.1) is 4.90 Å². The molecule has 0 unspecified atom stereocenters. The molecule has 0 aromatic heterocycles. The van der Waals surface area contributed by atoms with Crippen molar-refractivity contribution in [1.29, 1.82) is 0 Å². The van der Waals surface area contributed by atoms with Gasteiger partial charge in [0.2, 0.25) is 10.0 Å². The minimum Gasteiger partial charge on any atom is -0.319 e. The van der Waals surface area contributed by atoms with Crippen molar-refractivity contribution in [2.45, 2.75) is 18.2 Å². The van der Waals surface area contributed by atoms with Gasteiger partial charge in [-0.1, -0.05) is 15.9 Å². The monoisotopic (exact) mass is 346 g/mol. The molecule has 1 aromatic carbocycles. The number of sulfonamides is 1. The number of hydrogen-bond donors (Lipinski definition) is 1. The Hall–Kier alpha value is -0.430. The maximum atomic E-state index is 12.5. The highest BCUT2D eigenvalue weighted by Gasteiger charge is 2.32. The first kappa shape index (κ1) is 15.0. The molecule has 1 aliphatic heterocycles. The number of aryl methyl sites for hydroxylation is 1. The van der Waals surface area contributed by atoms with E-state index in [0.29, 0.717) is 23.9 Å². The lowest BCUT2D eigenvalue weighted by molar-refractivity contribution is 0.451. The zero-order valence-corrected chi connectivity index (χ0v) is 13.6. The molecule has 1 saturated heterocycles. The first-order valence-electron chi connectivity index (χ1n) is 6.36. The highest BCUT2D eigenvalue weighted by molar-refractivity contribution is 9.10. The van der Waals surface area contributed by atoms with Crippen LogP contribution in [-0.2, 0) is 10.0 Å². The molecule has 1 heterocycles. The second kappa shape index (κ2) is 5.91. The maximum Gasteiger partial charge on any atom is 0.243 e. The Balaban J connectivity index is 2.21. The average molecular weight is 347 g/mol. The molecule has 1 aliphatic rings. The van der Waals surface area contributed by atoms with E-state index in [2.05, 4.69) is 21.2 Å². The van der Waals surface area contributed by atoms with Crippen molar-refractivity contribution in [1.82, 2.24) is 9.62 Å². The summed E-state index contributed by atoms with van der Waals surface area (Å²) in [4.78, 5) is 0.387. The van der Waals surface area contributed by atoms with E-state index in [1.165, 1.54) is 0 Å². The maximum absolute atomic E-state index is 12.5. The summed E-state index contributed by atoms with van der Waals surface area (Å²) in [6.45, 7) is 3.99. The van der Waals surface area contributed by atoms with Crippen molar-refractivity contribution in [2.24, 2.45) is 5.92 Å². The Kier molecular flexibility index (Phi) is 4.66. The molecule has 0 aliphatic carbocycles. The van der Waals surface area contributed by atoms with Gasteiger partial charge >= 0.3 is 0 Å². The van der Waals surface area contributed by atoms with E-state index in [9.17, 15) is 8.42 Å². The van der Waals surface area contributed by atoms with E-state index in [-0.39, 0.29) is 0 Å². The molecule has 0 bridgehead atoms. The second-order valence-electron chi connectivity index (χ2n) is 4.99. The van der Waals surface area contributed by atoms with E-state index < -0.39 is 10.0 Å². The predicted octanol–water partition coefficient (Wildman–Crippen LogP) is 1.99. The van der Waals surface area contributed by atoms with Crippen LogP contribution in [0.25, 0.3) is 0 Å². The Bertz CT molecular complexity index is 560. The van der Waals surface area contributed by atoms with E-state index in [1.807, 2.05) is 14.0 Å². The van der Waals surface area contributed by atoms with Gasteiger partial charge < -0.3 is 5.32 Å². The van der Waals surface area contributed by atoms with Gasteiger partial charge in [-0.05, 0) is 56.6 Å². The Morgan fingerprint density at radius 3 is 2.84 bits per heavy atom. The van der Waals surface area contributed by atoms with Crippen LogP contribution in [0.15, 0.2) is 27.6 Å². The number of nitrogens with zero attached hydrogens (tertiary/aromatic N) is 1. The fourth-order valence-electron chi connectivity index (χ4n) is 2.40. The lowest BCUT2D eigenvalue weighted by Gasteiger charge is -2.17. The van der Waals surface area contributed by atoms with Gasteiger partial charge in [0.15, 0.2) is 0 Å². The molecular formula is C13H19BrN2O2S. The van der Waals surface area contributed by atoms with Crippen molar-refractivity contribution in [3.8, 4) is 0 Å². The highest BCUT2D eigenvalue weighted by atomic mass is 79.9. The van der Waals surface area contributed by atoms with Crippen LogP contribution in [0.1, 0.15) is 12.0 Å². The quantitative estimate of drug-likeness (QED) is 0.906. The van der Waals surface area contributed by atoms with Gasteiger partial charge in [-0.25, -0.2) is 8.42 Å². The van der Waals surface area contributed by atoms with Crippen LogP contribution in [0.5, 0.6) is 0 Å². The number of rotatable bonds is 4. The van der Waals surface area contributed by atoms with Crippen LogP contribution in [0, 0.1) is 12.8 Å². The summed E-state index contributed by atoms with van der Waals surface area (Å²) in [5.41, 5.74) is 0.937. The highest BCUT2D eigenvalue weighted by Crippen LogP contribution is 2.26. The van der Waals surface area contributed by atoms with E-state index in [1.54, 1.807) is 22.5 Å². The predicted molar refractivity (Wildman–Crippen MR) is 79.7 cm³/mol. The molecule has 1 N–H and O–H groups in total. The molecule has 6 heteroatoms. The number of benzene rings is 1. The van der Waals surface area contributed by atoms with Crippen molar-refractivity contribution < 1.29 is 8.42 Å². The Morgan fingerprint density at radius 2 is 2.21 bits per heavy atom. The molecule has 1 fully saturated rings. The molecule has 0 amide bonds. The molecule has 1 atom stereocenters. The van der Waals surface area contributed by atoms with Crippen molar-refractivity contribution >= 4 is 26.0 Å². The number of hydrogen-bond acceptors (Lipinski definition) is 3. The van der Waals surface area contributed by atoms with Crippen LogP contribution in [-0.4, -0.2) is 39.4 Å².